The molecular weight excluding hydrogens is 568 g/mol. The van der Waals surface area contributed by atoms with Crippen molar-refractivity contribution in [3.63, 3.8) is 0 Å². The fraction of sp³-hybridized carbons (Fsp3) is 0.250. The van der Waals surface area contributed by atoms with Gasteiger partial charge in [-0.3, -0.25) is 14.6 Å². The van der Waals surface area contributed by atoms with Crippen molar-refractivity contribution in [3.05, 3.63) is 107 Å². The highest BCUT2D eigenvalue weighted by molar-refractivity contribution is 6.30. The Hall–Kier alpha value is -4.51. The molecule has 2 heterocycles. The number of hydrogen-bond acceptors (Lipinski definition) is 9. The van der Waals surface area contributed by atoms with Gasteiger partial charge in [-0.25, -0.2) is 5.43 Å². The normalized spacial score (nSPS) is 14.2. The summed E-state index contributed by atoms with van der Waals surface area (Å²) in [4.78, 5) is 21.3. The number of rotatable bonds is 12. The lowest BCUT2D eigenvalue weighted by atomic mass is 10.1. The molecule has 1 fully saturated rings. The van der Waals surface area contributed by atoms with Crippen molar-refractivity contribution in [1.29, 1.82) is 0 Å². The van der Waals surface area contributed by atoms with Crippen LogP contribution in [0.3, 0.4) is 0 Å². The zero-order chi connectivity index (χ0) is 30.0. The van der Waals surface area contributed by atoms with Crippen molar-refractivity contribution in [3.8, 4) is 22.9 Å². The number of para-hydroxylation sites is 1. The molecule has 0 bridgehead atoms. The standard InChI is InChI=1S/C32H33ClN6O4/c1-2-5-24-6-3-7-26(31(24)41)19-34-36-29(40)20-38-14-16-39(17-15-38)21-30-35-32(37-43-30)25-12-10-23(11-13-25)22-42-28-9-4-8-27(33)18-28/h2-4,6-13,18-19,41H,1,5,14-17,20-22H2,(H,36,40). The maximum atomic E-state index is 12.4. The van der Waals surface area contributed by atoms with E-state index < -0.39 is 0 Å². The first-order valence-electron chi connectivity index (χ1n) is 14.0. The van der Waals surface area contributed by atoms with Gasteiger partial charge in [-0.05, 0) is 41.8 Å². The third-order valence-corrected chi connectivity index (χ3v) is 7.22. The number of halogens is 1. The first-order valence-corrected chi connectivity index (χ1v) is 14.3. The molecule has 1 aliphatic heterocycles. The highest BCUT2D eigenvalue weighted by atomic mass is 35.5. The van der Waals surface area contributed by atoms with Gasteiger partial charge >= 0.3 is 0 Å². The molecule has 1 aliphatic rings. The maximum Gasteiger partial charge on any atom is 0.254 e. The van der Waals surface area contributed by atoms with Crippen LogP contribution < -0.4 is 10.2 Å². The van der Waals surface area contributed by atoms with Crippen LogP contribution in [0.5, 0.6) is 11.5 Å². The van der Waals surface area contributed by atoms with E-state index >= 15 is 0 Å². The summed E-state index contributed by atoms with van der Waals surface area (Å²) in [6.07, 6.45) is 3.72. The lowest BCUT2D eigenvalue weighted by molar-refractivity contribution is -0.122. The van der Waals surface area contributed by atoms with Crippen LogP contribution in [0.2, 0.25) is 5.02 Å². The Bertz CT molecular complexity index is 1560. The Morgan fingerprint density at radius 3 is 2.63 bits per heavy atom. The van der Waals surface area contributed by atoms with Gasteiger partial charge in [0.1, 0.15) is 18.1 Å². The number of benzene rings is 3. The molecule has 1 amide bonds. The minimum absolute atomic E-state index is 0.138. The lowest BCUT2D eigenvalue weighted by Crippen LogP contribution is -2.48. The number of phenolic OH excluding ortho intramolecular Hbond substituents is 1. The summed E-state index contributed by atoms with van der Waals surface area (Å²) in [5.41, 5.74) is 5.71. The van der Waals surface area contributed by atoms with E-state index in [0.717, 1.165) is 48.6 Å². The molecule has 0 unspecified atom stereocenters. The molecule has 5 rings (SSSR count). The van der Waals surface area contributed by atoms with Gasteiger partial charge in [0.25, 0.3) is 5.91 Å². The third kappa shape index (κ3) is 8.51. The molecule has 0 atom stereocenters. The highest BCUT2D eigenvalue weighted by Crippen LogP contribution is 2.22. The van der Waals surface area contributed by atoms with Gasteiger partial charge in [-0.2, -0.15) is 10.1 Å². The monoisotopic (exact) mass is 600 g/mol. The van der Waals surface area contributed by atoms with E-state index in [9.17, 15) is 9.90 Å². The summed E-state index contributed by atoms with van der Waals surface area (Å²) in [5.74, 6) is 1.73. The van der Waals surface area contributed by atoms with Crippen LogP contribution >= 0.6 is 11.6 Å². The van der Waals surface area contributed by atoms with Crippen LogP contribution in [0.1, 0.15) is 22.6 Å². The number of carbonyl (C=O) groups is 1. The number of piperazine rings is 1. The predicted octanol–water partition coefficient (Wildman–Crippen LogP) is 4.67. The molecule has 3 aromatic carbocycles. The molecule has 11 heteroatoms. The van der Waals surface area contributed by atoms with E-state index in [0.29, 0.717) is 41.9 Å². The number of nitrogens with zero attached hydrogens (tertiary/aromatic N) is 5. The van der Waals surface area contributed by atoms with Gasteiger partial charge < -0.3 is 14.4 Å². The Kier molecular flexibility index (Phi) is 10.2. The Morgan fingerprint density at radius 1 is 1.09 bits per heavy atom. The van der Waals surface area contributed by atoms with Gasteiger partial charge in [-0.15, -0.1) is 6.58 Å². The molecule has 0 aliphatic carbocycles. The number of amides is 1. The number of nitrogens with one attached hydrogen (secondary N) is 1. The highest BCUT2D eigenvalue weighted by Gasteiger charge is 2.21. The van der Waals surface area contributed by atoms with Gasteiger partial charge in [0.05, 0.1) is 19.3 Å². The minimum Gasteiger partial charge on any atom is -0.507 e. The van der Waals surface area contributed by atoms with Crippen molar-refractivity contribution < 1.29 is 19.2 Å². The van der Waals surface area contributed by atoms with Crippen LogP contribution in [0, 0.1) is 0 Å². The molecule has 43 heavy (non-hydrogen) atoms. The Balaban J connectivity index is 1.04. The van der Waals surface area contributed by atoms with Crippen LogP contribution in [0.4, 0.5) is 0 Å². The zero-order valence-corrected chi connectivity index (χ0v) is 24.4. The Labute approximate surface area is 255 Å². The first kappa shape index (κ1) is 30.0. The van der Waals surface area contributed by atoms with Crippen LogP contribution in [0.25, 0.3) is 11.4 Å². The fourth-order valence-corrected chi connectivity index (χ4v) is 4.83. The number of hydrazone groups is 1. The predicted molar refractivity (Wildman–Crippen MR) is 165 cm³/mol. The van der Waals surface area contributed by atoms with Gasteiger partial charge in [-0.1, -0.05) is 65.3 Å². The molecule has 4 aromatic rings. The second-order valence-electron chi connectivity index (χ2n) is 10.1. The quantitative estimate of drug-likeness (QED) is 0.137. The summed E-state index contributed by atoms with van der Waals surface area (Å²) < 4.78 is 11.3. The minimum atomic E-state index is -0.213. The van der Waals surface area contributed by atoms with Crippen molar-refractivity contribution >= 4 is 23.7 Å². The fourth-order valence-electron chi connectivity index (χ4n) is 4.65. The average Bonchev–Trinajstić information content (AvgIpc) is 3.48. The number of phenols is 1. The summed E-state index contributed by atoms with van der Waals surface area (Å²) in [6.45, 7) is 7.87. The van der Waals surface area contributed by atoms with Crippen molar-refractivity contribution in [2.75, 3.05) is 32.7 Å². The summed E-state index contributed by atoms with van der Waals surface area (Å²) in [6, 6.07) is 20.5. The number of aromatic hydroxyl groups is 1. The van der Waals surface area contributed by atoms with Gasteiger partial charge in [0, 0.05) is 42.3 Å². The number of carbonyl (C=O) groups excluding carboxylic acids is 1. The molecule has 1 aromatic heterocycles. The van der Waals surface area contributed by atoms with Gasteiger partial charge in [0.2, 0.25) is 11.7 Å². The van der Waals surface area contributed by atoms with Crippen molar-refractivity contribution in [2.24, 2.45) is 5.10 Å². The van der Waals surface area contributed by atoms with E-state index in [2.05, 4.69) is 37.0 Å². The summed E-state index contributed by atoms with van der Waals surface area (Å²) in [5, 5.41) is 19.1. The Morgan fingerprint density at radius 2 is 1.86 bits per heavy atom. The molecule has 2 N–H and O–H groups in total. The largest absolute Gasteiger partial charge is 0.507 e. The molecule has 1 saturated heterocycles. The summed E-state index contributed by atoms with van der Waals surface area (Å²) >= 11 is 6.01. The molecule has 0 spiro atoms. The number of ether oxygens (including phenoxy) is 1. The van der Waals surface area contributed by atoms with E-state index in [1.54, 1.807) is 18.2 Å². The molecule has 0 radical (unpaired) electrons. The molecule has 222 valence electrons. The topological polar surface area (TPSA) is 116 Å². The maximum absolute atomic E-state index is 12.4. The second-order valence-corrected chi connectivity index (χ2v) is 10.6. The molecular formula is C32H33ClN6O4. The molecule has 0 saturated carbocycles. The van der Waals surface area contributed by atoms with E-state index in [1.165, 1.54) is 6.21 Å². The van der Waals surface area contributed by atoms with E-state index in [1.807, 2.05) is 54.6 Å². The van der Waals surface area contributed by atoms with Crippen LogP contribution in [0.15, 0.2) is 89.0 Å². The van der Waals surface area contributed by atoms with Gasteiger partial charge in [0.15, 0.2) is 0 Å². The first-order chi connectivity index (χ1) is 21.0. The van der Waals surface area contributed by atoms with Crippen LogP contribution in [-0.4, -0.2) is 69.9 Å². The number of hydrogen-bond donors (Lipinski definition) is 2. The van der Waals surface area contributed by atoms with E-state index in [4.69, 9.17) is 20.9 Å². The van der Waals surface area contributed by atoms with E-state index in [-0.39, 0.29) is 18.2 Å². The average molecular weight is 601 g/mol. The van der Waals surface area contributed by atoms with Crippen molar-refractivity contribution in [2.45, 2.75) is 19.6 Å². The van der Waals surface area contributed by atoms with Crippen molar-refractivity contribution in [1.82, 2.24) is 25.4 Å². The third-order valence-electron chi connectivity index (χ3n) is 6.98. The zero-order valence-electron chi connectivity index (χ0n) is 23.7. The molecule has 10 nitrogen and oxygen atoms in total. The van der Waals surface area contributed by atoms with Crippen LogP contribution in [-0.2, 0) is 24.4 Å². The number of aromatic nitrogens is 2. The number of allylic oxidation sites excluding steroid dienone is 1. The smallest absolute Gasteiger partial charge is 0.254 e. The lowest BCUT2D eigenvalue weighted by Gasteiger charge is -2.33. The second kappa shape index (κ2) is 14.6. The summed E-state index contributed by atoms with van der Waals surface area (Å²) in [7, 11) is 0. The SMILES string of the molecule is C=CCc1cccc(C=NNC(=O)CN2CCN(Cc3nc(-c4ccc(COc5cccc(Cl)c5)cc4)no3)CC2)c1O.